The van der Waals surface area contributed by atoms with Gasteiger partial charge in [0.2, 0.25) is 6.79 Å². The van der Waals surface area contributed by atoms with E-state index >= 15 is 0 Å². The average molecular weight is 211 g/mol. The number of benzene rings is 1. The van der Waals surface area contributed by atoms with Gasteiger partial charge in [0, 0.05) is 11.1 Å². The second kappa shape index (κ2) is 3.73. The fraction of sp³-hybridized carbons (Fsp3) is 0.300. The minimum absolute atomic E-state index is 0.0143. The summed E-state index contributed by atoms with van der Waals surface area (Å²) in [6, 6.07) is 4.42. The van der Waals surface area contributed by atoms with Gasteiger partial charge in [-0.25, -0.2) is 8.78 Å². The molecule has 0 fully saturated rings. The Bertz CT molecular complexity index is 426. The molecule has 0 spiro atoms. The number of halogens is 2. The van der Waals surface area contributed by atoms with Gasteiger partial charge >= 0.3 is 0 Å². The van der Waals surface area contributed by atoms with E-state index in [9.17, 15) is 8.78 Å². The molecule has 0 aliphatic carbocycles. The van der Waals surface area contributed by atoms with Crippen molar-refractivity contribution < 1.29 is 18.3 Å². The number of alkyl halides is 2. The summed E-state index contributed by atoms with van der Waals surface area (Å²) in [5.74, 6) is 0.694. The Labute approximate surface area is 84.8 Å². The van der Waals surface area contributed by atoms with E-state index < -0.39 is 6.43 Å². The summed E-state index contributed by atoms with van der Waals surface area (Å²) in [4.78, 5) is 0. The molecular formula is C10H7F2NO2. The topological polar surface area (TPSA) is 42.2 Å². The first-order valence-electron chi connectivity index (χ1n) is 4.30. The molecule has 78 valence electrons. The lowest BCUT2D eigenvalue weighted by Crippen LogP contribution is -1.94. The largest absolute Gasteiger partial charge is 0.454 e. The highest BCUT2D eigenvalue weighted by atomic mass is 19.3. The van der Waals surface area contributed by atoms with Gasteiger partial charge in [0.1, 0.15) is 0 Å². The van der Waals surface area contributed by atoms with Crippen molar-refractivity contribution in [1.29, 1.82) is 5.26 Å². The van der Waals surface area contributed by atoms with Crippen LogP contribution in [0.5, 0.6) is 11.5 Å². The van der Waals surface area contributed by atoms with E-state index in [0.717, 1.165) is 0 Å². The summed E-state index contributed by atoms with van der Waals surface area (Å²) in [5, 5.41) is 8.55. The van der Waals surface area contributed by atoms with Crippen molar-refractivity contribution in [3.8, 4) is 17.6 Å². The molecular weight excluding hydrogens is 204 g/mol. The summed E-state index contributed by atoms with van der Waals surface area (Å²) in [6.07, 6.45) is -2.54. The van der Waals surface area contributed by atoms with Crippen LogP contribution in [0.3, 0.4) is 0 Å². The molecule has 2 rings (SSSR count). The second-order valence-corrected chi connectivity index (χ2v) is 3.05. The first-order chi connectivity index (χ1) is 7.22. The van der Waals surface area contributed by atoms with Crippen LogP contribution in [0.4, 0.5) is 8.78 Å². The van der Waals surface area contributed by atoms with Gasteiger partial charge in [-0.15, -0.1) is 0 Å². The molecule has 1 aliphatic rings. The number of nitrogens with zero attached hydrogens (tertiary/aromatic N) is 1. The Kier molecular flexibility index (Phi) is 2.42. The maximum atomic E-state index is 12.5. The van der Waals surface area contributed by atoms with Crippen molar-refractivity contribution in [2.24, 2.45) is 0 Å². The molecule has 0 amide bonds. The number of hydrogen-bond donors (Lipinski definition) is 0. The van der Waals surface area contributed by atoms with Crippen molar-refractivity contribution in [2.45, 2.75) is 12.8 Å². The Morgan fingerprint density at radius 3 is 2.87 bits per heavy atom. The molecule has 0 atom stereocenters. The summed E-state index contributed by atoms with van der Waals surface area (Å²) in [6.45, 7) is 0.0143. The highest BCUT2D eigenvalue weighted by Gasteiger charge is 2.21. The highest BCUT2D eigenvalue weighted by molar-refractivity contribution is 5.52. The molecule has 0 aromatic heterocycles. The van der Waals surface area contributed by atoms with Crippen LogP contribution in [0.25, 0.3) is 0 Å². The third-order valence-corrected chi connectivity index (χ3v) is 2.09. The number of hydrogen-bond acceptors (Lipinski definition) is 3. The monoisotopic (exact) mass is 211 g/mol. The van der Waals surface area contributed by atoms with Gasteiger partial charge in [0.15, 0.2) is 11.5 Å². The molecule has 5 heteroatoms. The van der Waals surface area contributed by atoms with Crippen molar-refractivity contribution in [3.63, 3.8) is 0 Å². The Morgan fingerprint density at radius 2 is 2.20 bits per heavy atom. The smallest absolute Gasteiger partial charge is 0.263 e. The molecule has 3 nitrogen and oxygen atoms in total. The molecule has 15 heavy (non-hydrogen) atoms. The van der Waals surface area contributed by atoms with Gasteiger partial charge in [-0.05, 0) is 12.1 Å². The van der Waals surface area contributed by atoms with Gasteiger partial charge in [0.05, 0.1) is 12.5 Å². The summed E-state index contributed by atoms with van der Waals surface area (Å²) in [5.41, 5.74) is 0.298. The van der Waals surface area contributed by atoms with Crippen LogP contribution in [0, 0.1) is 11.3 Å². The van der Waals surface area contributed by atoms with E-state index in [0.29, 0.717) is 11.3 Å². The minimum atomic E-state index is -2.57. The summed E-state index contributed by atoms with van der Waals surface area (Å²) < 4.78 is 35.1. The standard InChI is InChI=1S/C10H7F2NO2/c11-10(12)7-3-6(1-2-13)9-8(4-7)14-5-15-9/h3-4,10H,1,5H2. The number of rotatable bonds is 2. The molecule has 1 heterocycles. The third kappa shape index (κ3) is 1.71. The molecule has 1 aromatic rings. The van der Waals surface area contributed by atoms with Crippen molar-refractivity contribution >= 4 is 0 Å². The van der Waals surface area contributed by atoms with E-state index in [-0.39, 0.29) is 24.5 Å². The lowest BCUT2D eigenvalue weighted by molar-refractivity contribution is 0.150. The van der Waals surface area contributed by atoms with Crippen LogP contribution in [-0.2, 0) is 6.42 Å². The SMILES string of the molecule is N#CCc1cc(C(F)F)cc2c1OCO2. The molecule has 0 saturated heterocycles. The first-order valence-corrected chi connectivity index (χ1v) is 4.30. The predicted octanol–water partition coefficient (Wildman–Crippen LogP) is 2.42. The van der Waals surface area contributed by atoms with Gasteiger partial charge in [-0.1, -0.05) is 0 Å². The van der Waals surface area contributed by atoms with Gasteiger partial charge in [0.25, 0.3) is 6.43 Å². The highest BCUT2D eigenvalue weighted by Crippen LogP contribution is 2.39. The third-order valence-electron chi connectivity index (χ3n) is 2.09. The van der Waals surface area contributed by atoms with Gasteiger partial charge in [-0.3, -0.25) is 0 Å². The maximum absolute atomic E-state index is 12.5. The zero-order valence-electron chi connectivity index (χ0n) is 7.67. The molecule has 1 aromatic carbocycles. The molecule has 0 radical (unpaired) electrons. The molecule has 0 N–H and O–H groups in total. The number of ether oxygens (including phenoxy) is 2. The normalized spacial score (nSPS) is 12.9. The van der Waals surface area contributed by atoms with Crippen LogP contribution in [-0.4, -0.2) is 6.79 Å². The molecule has 0 saturated carbocycles. The van der Waals surface area contributed by atoms with Crippen LogP contribution in [0.2, 0.25) is 0 Å². The molecule has 0 bridgehead atoms. The maximum Gasteiger partial charge on any atom is 0.263 e. The van der Waals surface area contributed by atoms with E-state index in [1.165, 1.54) is 12.1 Å². The zero-order chi connectivity index (χ0) is 10.8. The lowest BCUT2D eigenvalue weighted by atomic mass is 10.1. The molecule has 1 aliphatic heterocycles. The van der Waals surface area contributed by atoms with E-state index in [1.54, 1.807) is 0 Å². The van der Waals surface area contributed by atoms with Crippen molar-refractivity contribution in [1.82, 2.24) is 0 Å². The fourth-order valence-electron chi connectivity index (χ4n) is 1.45. The van der Waals surface area contributed by atoms with E-state index in [4.69, 9.17) is 14.7 Å². The first kappa shape index (κ1) is 9.71. The van der Waals surface area contributed by atoms with Gasteiger partial charge in [-0.2, -0.15) is 5.26 Å². The lowest BCUT2D eigenvalue weighted by Gasteiger charge is -2.05. The number of fused-ring (bicyclic) bond motifs is 1. The minimum Gasteiger partial charge on any atom is -0.454 e. The predicted molar refractivity (Wildman–Crippen MR) is 46.8 cm³/mol. The van der Waals surface area contributed by atoms with Crippen molar-refractivity contribution in [3.05, 3.63) is 23.3 Å². The van der Waals surface area contributed by atoms with Gasteiger partial charge < -0.3 is 9.47 Å². The fourth-order valence-corrected chi connectivity index (χ4v) is 1.45. The Balaban J connectivity index is 2.48. The number of nitriles is 1. The van der Waals surface area contributed by atoms with E-state index in [2.05, 4.69) is 0 Å². The second-order valence-electron chi connectivity index (χ2n) is 3.05. The zero-order valence-corrected chi connectivity index (χ0v) is 7.67. The Hall–Kier alpha value is -1.83. The van der Waals surface area contributed by atoms with Crippen LogP contribution in [0.1, 0.15) is 17.6 Å². The van der Waals surface area contributed by atoms with Crippen LogP contribution in [0.15, 0.2) is 12.1 Å². The Morgan fingerprint density at radius 1 is 1.40 bits per heavy atom. The average Bonchev–Trinajstić information content (AvgIpc) is 2.65. The van der Waals surface area contributed by atoms with E-state index in [1.807, 2.05) is 6.07 Å². The summed E-state index contributed by atoms with van der Waals surface area (Å²) in [7, 11) is 0. The summed E-state index contributed by atoms with van der Waals surface area (Å²) >= 11 is 0. The van der Waals surface area contributed by atoms with Crippen LogP contribution >= 0.6 is 0 Å². The quantitative estimate of drug-likeness (QED) is 0.754. The van der Waals surface area contributed by atoms with Crippen molar-refractivity contribution in [2.75, 3.05) is 6.79 Å². The molecule has 0 unspecified atom stereocenters. The van der Waals surface area contributed by atoms with Crippen LogP contribution < -0.4 is 9.47 Å².